The summed E-state index contributed by atoms with van der Waals surface area (Å²) in [4.78, 5) is 2.06. The molecule has 12 atom stereocenters. The van der Waals surface area contributed by atoms with Crippen molar-refractivity contribution in [2.24, 2.45) is 23.5 Å². The van der Waals surface area contributed by atoms with Crippen LogP contribution in [-0.2, 0) is 9.47 Å². The molecule has 4 aliphatic heterocycles. The molecule has 5 aliphatic rings. The molecule has 4 heterocycles. The van der Waals surface area contributed by atoms with E-state index in [2.05, 4.69) is 15.5 Å². The van der Waals surface area contributed by atoms with Crippen LogP contribution in [-0.4, -0.2) is 89.5 Å². The summed E-state index contributed by atoms with van der Waals surface area (Å²) in [6.07, 6.45) is -2.03. The molecule has 0 aromatic heterocycles. The van der Waals surface area contributed by atoms with Crippen molar-refractivity contribution in [2.75, 3.05) is 19.8 Å². The van der Waals surface area contributed by atoms with Crippen LogP contribution in [0.25, 0.3) is 0 Å². The van der Waals surface area contributed by atoms with Gasteiger partial charge < -0.3 is 25.4 Å². The van der Waals surface area contributed by atoms with E-state index in [0.717, 1.165) is 25.8 Å². The van der Waals surface area contributed by atoms with Crippen LogP contribution in [0.15, 0.2) is 0 Å². The molecule has 10 heteroatoms. The van der Waals surface area contributed by atoms with E-state index in [4.69, 9.17) is 26.8 Å². The van der Waals surface area contributed by atoms with Gasteiger partial charge in [-0.2, -0.15) is 0 Å². The smallest absolute Gasteiger partial charge is 0.141 e. The number of nitrogens with one attached hydrogen (secondary N) is 2. The molecule has 5 fully saturated rings. The number of alkyl halides is 2. The monoisotopic (exact) mass is 434 g/mol. The lowest BCUT2D eigenvalue weighted by Gasteiger charge is -2.46. The van der Waals surface area contributed by atoms with Crippen molar-refractivity contribution in [1.29, 1.82) is 0 Å². The highest BCUT2D eigenvalue weighted by Crippen LogP contribution is 2.45. The van der Waals surface area contributed by atoms with Crippen molar-refractivity contribution < 1.29 is 24.1 Å². The van der Waals surface area contributed by atoms with Crippen molar-refractivity contribution in [1.82, 2.24) is 15.5 Å². The Morgan fingerprint density at radius 2 is 1.86 bits per heavy atom. The van der Waals surface area contributed by atoms with E-state index in [1.165, 1.54) is 0 Å². The standard InChI is InChI=1S/C19H32ClFN4O4/c20-8-1-2-9-11(5-8)12(21)6-28-15(9)16-13(26)14(27)19(29-16)25-4-3-10-17(22)23-7-24-18(10)25/h8-19,23-24,26-27H,1-7,22H2/t8?,9?,10?,11?,12-,13-,14+,15+,16-,17?,18?,19+/m0/s1. The average Bonchev–Trinajstić information content (AvgIpc) is 3.26. The molecule has 0 aromatic rings. The number of ether oxygens (including phenoxy) is 2. The number of halogens is 2. The van der Waals surface area contributed by atoms with Gasteiger partial charge in [-0.3, -0.25) is 15.5 Å². The van der Waals surface area contributed by atoms with Gasteiger partial charge in [-0.05, 0) is 37.5 Å². The van der Waals surface area contributed by atoms with Crippen LogP contribution in [0, 0.1) is 17.8 Å². The van der Waals surface area contributed by atoms with Crippen molar-refractivity contribution >= 4 is 11.6 Å². The Balaban J connectivity index is 1.32. The summed E-state index contributed by atoms with van der Waals surface area (Å²) in [5.41, 5.74) is 6.19. The Bertz CT molecular complexity index is 609. The van der Waals surface area contributed by atoms with Gasteiger partial charge in [-0.1, -0.05) is 0 Å². The first-order chi connectivity index (χ1) is 14.0. The Kier molecular flexibility index (Phi) is 5.81. The van der Waals surface area contributed by atoms with Gasteiger partial charge in [0.2, 0.25) is 0 Å². The number of hydrogen-bond donors (Lipinski definition) is 5. The highest BCUT2D eigenvalue weighted by Gasteiger charge is 2.56. The van der Waals surface area contributed by atoms with E-state index in [-0.39, 0.29) is 42.1 Å². The second kappa shape index (κ2) is 8.11. The minimum Gasteiger partial charge on any atom is -0.387 e. The predicted molar refractivity (Wildman–Crippen MR) is 103 cm³/mol. The summed E-state index contributed by atoms with van der Waals surface area (Å²) >= 11 is 6.29. The zero-order valence-corrected chi connectivity index (χ0v) is 17.1. The molecule has 1 saturated carbocycles. The van der Waals surface area contributed by atoms with E-state index in [0.29, 0.717) is 13.1 Å². The van der Waals surface area contributed by atoms with Gasteiger partial charge in [0, 0.05) is 24.5 Å². The van der Waals surface area contributed by atoms with Crippen LogP contribution in [0.4, 0.5) is 4.39 Å². The zero-order chi connectivity index (χ0) is 20.3. The Hall–Kier alpha value is -0.100. The SMILES string of the molecule is NC1NCNC2C1CCN2[C@@H]1O[C@H]([C@@H]2OC[C@H](F)C3CC(Cl)CCC32)[C@@H](O)[C@H]1O. The molecule has 1 aliphatic carbocycles. The maximum absolute atomic E-state index is 14.5. The number of likely N-dealkylation sites (tertiary alicyclic amines) is 1. The van der Waals surface area contributed by atoms with Crippen molar-refractivity contribution in [3.63, 3.8) is 0 Å². The Morgan fingerprint density at radius 3 is 2.69 bits per heavy atom. The molecule has 0 amide bonds. The summed E-state index contributed by atoms with van der Waals surface area (Å²) in [6.45, 7) is 1.29. The fourth-order valence-corrected chi connectivity index (χ4v) is 6.55. The quantitative estimate of drug-likeness (QED) is 0.362. The fourth-order valence-electron chi connectivity index (χ4n) is 6.22. The first kappa shape index (κ1) is 20.8. The Labute approximate surface area is 175 Å². The van der Waals surface area contributed by atoms with Gasteiger partial charge in [0.05, 0.1) is 25.0 Å². The van der Waals surface area contributed by atoms with Gasteiger partial charge in [0.15, 0.2) is 0 Å². The second-order valence-electron chi connectivity index (χ2n) is 9.27. The molecular formula is C19H32ClFN4O4. The van der Waals surface area contributed by atoms with Crippen LogP contribution in [0.3, 0.4) is 0 Å². The molecule has 0 spiro atoms. The van der Waals surface area contributed by atoms with E-state index >= 15 is 0 Å². The maximum atomic E-state index is 14.5. The van der Waals surface area contributed by atoms with Crippen LogP contribution in [0.1, 0.15) is 25.7 Å². The molecular weight excluding hydrogens is 403 g/mol. The lowest BCUT2D eigenvalue weighted by Crippen LogP contribution is -2.64. The van der Waals surface area contributed by atoms with Crippen LogP contribution >= 0.6 is 11.6 Å². The van der Waals surface area contributed by atoms with Crippen molar-refractivity contribution in [3.8, 4) is 0 Å². The van der Waals surface area contributed by atoms with E-state index in [1.54, 1.807) is 0 Å². The summed E-state index contributed by atoms with van der Waals surface area (Å²) < 4.78 is 26.6. The number of rotatable bonds is 2. The van der Waals surface area contributed by atoms with Gasteiger partial charge in [-0.15, -0.1) is 11.6 Å². The average molecular weight is 435 g/mol. The topological polar surface area (TPSA) is 112 Å². The number of nitrogens with zero attached hydrogens (tertiary/aromatic N) is 1. The number of aliphatic hydroxyl groups is 2. The van der Waals surface area contributed by atoms with Gasteiger partial charge in [0.1, 0.15) is 30.7 Å². The first-order valence-electron chi connectivity index (χ1n) is 10.8. The molecule has 0 aromatic carbocycles. The highest BCUT2D eigenvalue weighted by atomic mass is 35.5. The number of fused-ring (bicyclic) bond motifs is 2. The lowest BCUT2D eigenvalue weighted by atomic mass is 9.70. The second-order valence-corrected chi connectivity index (χ2v) is 9.89. The number of hydrogen-bond acceptors (Lipinski definition) is 8. The van der Waals surface area contributed by atoms with Gasteiger partial charge in [-0.25, -0.2) is 4.39 Å². The largest absolute Gasteiger partial charge is 0.387 e. The fraction of sp³-hybridized carbons (Fsp3) is 1.00. The molecule has 0 bridgehead atoms. The molecule has 0 radical (unpaired) electrons. The van der Waals surface area contributed by atoms with Crippen LogP contribution in [0.2, 0.25) is 0 Å². The normalized spacial score (nSPS) is 56.2. The third-order valence-corrected chi connectivity index (χ3v) is 8.14. The molecule has 4 saturated heterocycles. The van der Waals surface area contributed by atoms with E-state index in [1.807, 2.05) is 0 Å². The molecule has 6 unspecified atom stereocenters. The summed E-state index contributed by atoms with van der Waals surface area (Å²) in [6, 6.07) is 0. The highest BCUT2D eigenvalue weighted by molar-refractivity contribution is 6.20. The third-order valence-electron chi connectivity index (χ3n) is 7.75. The Morgan fingerprint density at radius 1 is 1.03 bits per heavy atom. The zero-order valence-electron chi connectivity index (χ0n) is 16.4. The van der Waals surface area contributed by atoms with Gasteiger partial charge >= 0.3 is 0 Å². The van der Waals surface area contributed by atoms with Crippen LogP contribution < -0.4 is 16.4 Å². The molecule has 8 nitrogen and oxygen atoms in total. The predicted octanol–water partition coefficient (Wildman–Crippen LogP) is -0.723. The molecule has 29 heavy (non-hydrogen) atoms. The minimum atomic E-state index is -1.08. The minimum absolute atomic E-state index is 0.0146. The molecule has 6 N–H and O–H groups in total. The van der Waals surface area contributed by atoms with E-state index < -0.39 is 36.8 Å². The van der Waals surface area contributed by atoms with E-state index in [9.17, 15) is 14.6 Å². The molecule has 5 rings (SSSR count). The summed E-state index contributed by atoms with van der Waals surface area (Å²) in [5, 5.41) is 28.2. The lowest BCUT2D eigenvalue weighted by molar-refractivity contribution is -0.190. The third kappa shape index (κ3) is 3.52. The van der Waals surface area contributed by atoms with Crippen molar-refractivity contribution in [3.05, 3.63) is 0 Å². The number of nitrogens with two attached hydrogens (primary N) is 1. The first-order valence-corrected chi connectivity index (χ1v) is 11.3. The maximum Gasteiger partial charge on any atom is 0.141 e. The van der Waals surface area contributed by atoms with Crippen LogP contribution in [0.5, 0.6) is 0 Å². The molecule has 166 valence electrons. The van der Waals surface area contributed by atoms with Gasteiger partial charge in [0.25, 0.3) is 0 Å². The number of aliphatic hydroxyl groups excluding tert-OH is 2. The summed E-state index contributed by atoms with van der Waals surface area (Å²) in [5.74, 6) is -0.0364. The van der Waals surface area contributed by atoms with Crippen molar-refractivity contribution in [2.45, 2.75) is 80.2 Å². The summed E-state index contributed by atoms with van der Waals surface area (Å²) in [7, 11) is 0.